The molecule has 0 aliphatic rings. The zero-order chi connectivity index (χ0) is 21.1. The quantitative estimate of drug-likeness (QED) is 0.264. The standard InChI is InChI=1S/C23H32N4O2.HI/c1-5-25-23(27-16-18-7-6-8-20(15-18)22(28)24-3)26-14-13-17(2)19-9-11-21(29-4)12-10-19;/h6-12,15,17H,5,13-14,16H2,1-4H3,(H,24,28)(H2,25,26,27);1H. The maximum atomic E-state index is 11.8. The third-order valence-electron chi connectivity index (χ3n) is 4.73. The van der Waals surface area contributed by atoms with Gasteiger partial charge in [-0.1, -0.05) is 31.2 Å². The number of hydrogen-bond acceptors (Lipinski definition) is 3. The molecule has 0 bridgehead atoms. The second kappa shape index (κ2) is 13.8. The Morgan fingerprint density at radius 3 is 2.50 bits per heavy atom. The molecule has 0 aliphatic carbocycles. The van der Waals surface area contributed by atoms with Gasteiger partial charge in [0.15, 0.2) is 5.96 Å². The summed E-state index contributed by atoms with van der Waals surface area (Å²) in [6.45, 7) is 6.38. The molecule has 0 radical (unpaired) electrons. The van der Waals surface area contributed by atoms with E-state index < -0.39 is 0 Å². The van der Waals surface area contributed by atoms with Crippen molar-refractivity contribution in [3.05, 3.63) is 65.2 Å². The predicted octanol–water partition coefficient (Wildman–Crippen LogP) is 3.92. The van der Waals surface area contributed by atoms with Gasteiger partial charge in [0.2, 0.25) is 0 Å². The van der Waals surface area contributed by atoms with Crippen molar-refractivity contribution in [3.63, 3.8) is 0 Å². The van der Waals surface area contributed by atoms with Crippen LogP contribution in [0, 0.1) is 0 Å². The Morgan fingerprint density at radius 2 is 1.87 bits per heavy atom. The molecule has 2 aromatic carbocycles. The smallest absolute Gasteiger partial charge is 0.251 e. The van der Waals surface area contributed by atoms with Crippen LogP contribution >= 0.6 is 24.0 Å². The fourth-order valence-corrected chi connectivity index (χ4v) is 2.97. The van der Waals surface area contributed by atoms with E-state index in [1.54, 1.807) is 20.2 Å². The number of ether oxygens (including phenoxy) is 1. The number of aliphatic imine (C=N–C) groups is 1. The molecular weight excluding hydrogens is 491 g/mol. The number of rotatable bonds is 9. The molecule has 164 valence electrons. The summed E-state index contributed by atoms with van der Waals surface area (Å²) in [5.74, 6) is 2.00. The van der Waals surface area contributed by atoms with Gasteiger partial charge in [-0.15, -0.1) is 24.0 Å². The van der Waals surface area contributed by atoms with E-state index in [1.165, 1.54) is 5.56 Å². The minimum Gasteiger partial charge on any atom is -0.497 e. The molecule has 0 saturated heterocycles. The Balaban J connectivity index is 0.00000450. The van der Waals surface area contributed by atoms with Crippen molar-refractivity contribution in [2.75, 3.05) is 27.2 Å². The minimum absolute atomic E-state index is 0. The summed E-state index contributed by atoms with van der Waals surface area (Å²) in [7, 11) is 3.31. The number of hydrogen-bond donors (Lipinski definition) is 3. The van der Waals surface area contributed by atoms with Crippen LogP contribution in [0.3, 0.4) is 0 Å². The van der Waals surface area contributed by atoms with Crippen molar-refractivity contribution in [1.82, 2.24) is 16.0 Å². The third kappa shape index (κ3) is 8.22. The summed E-state index contributed by atoms with van der Waals surface area (Å²) < 4.78 is 5.22. The summed E-state index contributed by atoms with van der Waals surface area (Å²) in [5.41, 5.74) is 2.93. The molecular formula is C23H33IN4O2. The van der Waals surface area contributed by atoms with Crippen molar-refractivity contribution in [3.8, 4) is 5.75 Å². The molecule has 1 atom stereocenters. The first-order valence-corrected chi connectivity index (χ1v) is 10.0. The average Bonchev–Trinajstić information content (AvgIpc) is 2.77. The van der Waals surface area contributed by atoms with Crippen LogP contribution in [0.15, 0.2) is 53.5 Å². The number of nitrogens with zero attached hydrogens (tertiary/aromatic N) is 1. The molecule has 7 heteroatoms. The Morgan fingerprint density at radius 1 is 1.13 bits per heavy atom. The summed E-state index contributed by atoms with van der Waals surface area (Å²) >= 11 is 0. The molecule has 6 nitrogen and oxygen atoms in total. The Bertz CT molecular complexity index is 809. The minimum atomic E-state index is -0.0895. The molecule has 30 heavy (non-hydrogen) atoms. The molecule has 2 rings (SSSR count). The van der Waals surface area contributed by atoms with Gasteiger partial charge in [0.05, 0.1) is 13.7 Å². The normalized spacial score (nSPS) is 11.8. The highest BCUT2D eigenvalue weighted by atomic mass is 127. The first-order valence-electron chi connectivity index (χ1n) is 10.0. The zero-order valence-electron chi connectivity index (χ0n) is 18.2. The van der Waals surface area contributed by atoms with E-state index in [2.05, 4.69) is 40.0 Å². The Labute approximate surface area is 196 Å². The lowest BCUT2D eigenvalue weighted by atomic mass is 9.98. The van der Waals surface area contributed by atoms with E-state index >= 15 is 0 Å². The van der Waals surface area contributed by atoms with Crippen LogP contribution in [0.25, 0.3) is 0 Å². The molecule has 0 aliphatic heterocycles. The van der Waals surface area contributed by atoms with Crippen molar-refractivity contribution < 1.29 is 9.53 Å². The molecule has 3 N–H and O–H groups in total. The van der Waals surface area contributed by atoms with Crippen molar-refractivity contribution in [2.45, 2.75) is 32.7 Å². The van der Waals surface area contributed by atoms with Crippen molar-refractivity contribution >= 4 is 35.8 Å². The SMILES string of the molecule is CCNC(=NCc1cccc(C(=O)NC)c1)NCCC(C)c1ccc(OC)cc1.I. The van der Waals surface area contributed by atoms with Gasteiger partial charge >= 0.3 is 0 Å². The molecule has 0 aromatic heterocycles. The Hall–Kier alpha value is -2.29. The first kappa shape index (κ1) is 25.7. The number of nitrogens with one attached hydrogen (secondary N) is 3. The van der Waals surface area contributed by atoms with Crippen LogP contribution in [0.5, 0.6) is 5.75 Å². The average molecular weight is 524 g/mol. The summed E-state index contributed by atoms with van der Waals surface area (Å²) in [6.07, 6.45) is 0.989. The first-order chi connectivity index (χ1) is 14.1. The van der Waals surface area contributed by atoms with Gasteiger partial charge in [-0.2, -0.15) is 0 Å². The summed E-state index contributed by atoms with van der Waals surface area (Å²) in [6, 6.07) is 15.8. The zero-order valence-corrected chi connectivity index (χ0v) is 20.5. The largest absolute Gasteiger partial charge is 0.497 e. The number of benzene rings is 2. The number of halogens is 1. The van der Waals surface area contributed by atoms with E-state index in [9.17, 15) is 4.79 Å². The van der Waals surface area contributed by atoms with Gasteiger partial charge in [-0.05, 0) is 54.7 Å². The van der Waals surface area contributed by atoms with Gasteiger partial charge < -0.3 is 20.7 Å². The lowest BCUT2D eigenvalue weighted by molar-refractivity contribution is 0.0963. The monoisotopic (exact) mass is 524 g/mol. The lowest BCUT2D eigenvalue weighted by Crippen LogP contribution is -2.38. The fraction of sp³-hybridized carbons (Fsp3) is 0.391. The molecule has 0 saturated carbocycles. The highest BCUT2D eigenvalue weighted by Gasteiger charge is 2.07. The van der Waals surface area contributed by atoms with Crippen LogP contribution in [0.4, 0.5) is 0 Å². The summed E-state index contributed by atoms with van der Waals surface area (Å²) in [5, 5.41) is 9.32. The van der Waals surface area contributed by atoms with Crippen LogP contribution in [-0.2, 0) is 6.54 Å². The maximum absolute atomic E-state index is 11.8. The fourth-order valence-electron chi connectivity index (χ4n) is 2.97. The molecule has 0 fully saturated rings. The van der Waals surface area contributed by atoms with E-state index in [0.29, 0.717) is 18.0 Å². The van der Waals surface area contributed by atoms with Crippen LogP contribution in [0.2, 0.25) is 0 Å². The highest BCUT2D eigenvalue weighted by Crippen LogP contribution is 2.21. The second-order valence-corrected chi connectivity index (χ2v) is 6.86. The van der Waals surface area contributed by atoms with Crippen molar-refractivity contribution in [2.24, 2.45) is 4.99 Å². The van der Waals surface area contributed by atoms with Crippen LogP contribution < -0.4 is 20.7 Å². The van der Waals surface area contributed by atoms with Crippen LogP contribution in [0.1, 0.15) is 47.7 Å². The molecule has 2 aromatic rings. The van der Waals surface area contributed by atoms with E-state index in [-0.39, 0.29) is 29.9 Å². The number of methoxy groups -OCH3 is 1. The molecule has 1 unspecified atom stereocenters. The second-order valence-electron chi connectivity index (χ2n) is 6.86. The predicted molar refractivity (Wildman–Crippen MR) is 134 cm³/mol. The molecule has 0 spiro atoms. The van der Waals surface area contributed by atoms with Crippen molar-refractivity contribution in [1.29, 1.82) is 0 Å². The van der Waals surface area contributed by atoms with E-state index in [4.69, 9.17) is 4.74 Å². The molecule has 0 heterocycles. The Kier molecular flexibility index (Phi) is 11.9. The summed E-state index contributed by atoms with van der Waals surface area (Å²) in [4.78, 5) is 16.4. The number of carbonyl (C=O) groups excluding carboxylic acids is 1. The highest BCUT2D eigenvalue weighted by molar-refractivity contribution is 14.0. The third-order valence-corrected chi connectivity index (χ3v) is 4.73. The topological polar surface area (TPSA) is 74.8 Å². The van der Waals surface area contributed by atoms with E-state index in [0.717, 1.165) is 36.8 Å². The van der Waals surface area contributed by atoms with Gasteiger partial charge in [0.1, 0.15) is 5.75 Å². The van der Waals surface area contributed by atoms with Gasteiger partial charge in [0.25, 0.3) is 5.91 Å². The number of amides is 1. The van der Waals surface area contributed by atoms with Crippen LogP contribution in [-0.4, -0.2) is 39.1 Å². The maximum Gasteiger partial charge on any atom is 0.251 e. The number of carbonyl (C=O) groups is 1. The van der Waals surface area contributed by atoms with E-state index in [1.807, 2.05) is 37.3 Å². The van der Waals surface area contributed by atoms with Gasteiger partial charge in [0, 0.05) is 25.7 Å². The van der Waals surface area contributed by atoms with Gasteiger partial charge in [-0.25, -0.2) is 4.99 Å². The number of guanidine groups is 1. The molecule has 1 amide bonds. The lowest BCUT2D eigenvalue weighted by Gasteiger charge is -2.15. The van der Waals surface area contributed by atoms with Gasteiger partial charge in [-0.3, -0.25) is 4.79 Å².